The second kappa shape index (κ2) is 8.26. The molecule has 2 aromatic rings. The van der Waals surface area contributed by atoms with Gasteiger partial charge in [-0.15, -0.1) is 0 Å². The lowest BCUT2D eigenvalue weighted by atomic mass is 10.1. The molecule has 1 aliphatic rings. The largest absolute Gasteiger partial charge is 0.531 e. The van der Waals surface area contributed by atoms with Crippen molar-refractivity contribution in [3.8, 4) is 11.6 Å². The number of methoxy groups -OCH3 is 1. The highest BCUT2D eigenvalue weighted by molar-refractivity contribution is 6.74. The van der Waals surface area contributed by atoms with Crippen LogP contribution in [0.25, 0.3) is 5.69 Å². The number of carbonyl (C=O) groups is 1. The Labute approximate surface area is 175 Å². The lowest BCUT2D eigenvalue weighted by molar-refractivity contribution is 0.0601. The summed E-state index contributed by atoms with van der Waals surface area (Å²) in [5.41, 5.74) is 1.57. The normalized spacial score (nSPS) is 15.3. The lowest BCUT2D eigenvalue weighted by Gasteiger charge is -2.37. The highest BCUT2D eigenvalue weighted by atomic mass is 28.4. The van der Waals surface area contributed by atoms with Crippen molar-refractivity contribution in [2.45, 2.75) is 58.2 Å². The fourth-order valence-corrected chi connectivity index (χ4v) is 4.45. The number of esters is 1. The van der Waals surface area contributed by atoms with Crippen LogP contribution >= 0.6 is 0 Å². The molecule has 1 fully saturated rings. The fraction of sp³-hybridized carbons (Fsp3) is 0.522. The first-order valence-corrected chi connectivity index (χ1v) is 13.4. The second-order valence-corrected chi connectivity index (χ2v) is 14.0. The van der Waals surface area contributed by atoms with E-state index in [0.29, 0.717) is 5.56 Å². The van der Waals surface area contributed by atoms with Crippen molar-refractivity contribution >= 4 is 20.1 Å². The standard InChI is InChI=1S/C23H34N2O3Si/c1-23(2,3)29(5,6)28-20-17-19(22(26)27-4)21(24-15-11-8-12-16-24)25(20)18-13-9-7-10-14-18/h7,9-10,13-14,17H,8,11-12,15-16H2,1-6H3. The third kappa shape index (κ3) is 4.37. The molecular weight excluding hydrogens is 380 g/mol. The van der Waals surface area contributed by atoms with Crippen LogP contribution in [0.3, 0.4) is 0 Å². The number of hydrogen-bond acceptors (Lipinski definition) is 4. The highest BCUT2D eigenvalue weighted by Crippen LogP contribution is 2.41. The Balaban J connectivity index is 2.22. The Bertz CT molecular complexity index is 847. The summed E-state index contributed by atoms with van der Waals surface area (Å²) >= 11 is 0. The molecule has 29 heavy (non-hydrogen) atoms. The Morgan fingerprint density at radius 3 is 2.21 bits per heavy atom. The second-order valence-electron chi connectivity index (χ2n) is 9.29. The van der Waals surface area contributed by atoms with E-state index in [4.69, 9.17) is 9.16 Å². The Morgan fingerprint density at radius 2 is 1.66 bits per heavy atom. The van der Waals surface area contributed by atoms with Gasteiger partial charge in [0.15, 0.2) is 5.88 Å². The number of aromatic nitrogens is 1. The summed E-state index contributed by atoms with van der Waals surface area (Å²) in [6.07, 6.45) is 3.47. The Kier molecular flexibility index (Phi) is 6.12. The molecule has 0 radical (unpaired) electrons. The van der Waals surface area contributed by atoms with Gasteiger partial charge in [-0.2, -0.15) is 0 Å². The van der Waals surface area contributed by atoms with E-state index in [2.05, 4.69) is 55.5 Å². The van der Waals surface area contributed by atoms with Crippen LogP contribution in [-0.2, 0) is 4.74 Å². The predicted octanol–water partition coefficient (Wildman–Crippen LogP) is 5.64. The average molecular weight is 415 g/mol. The third-order valence-corrected chi connectivity index (χ3v) is 10.5. The number of nitrogens with zero attached hydrogens (tertiary/aromatic N) is 2. The molecule has 1 saturated heterocycles. The van der Waals surface area contributed by atoms with Gasteiger partial charge >= 0.3 is 5.97 Å². The molecule has 1 aromatic heterocycles. The molecule has 6 heteroatoms. The molecule has 158 valence electrons. The molecule has 0 atom stereocenters. The van der Waals surface area contributed by atoms with E-state index in [1.165, 1.54) is 13.5 Å². The van der Waals surface area contributed by atoms with Crippen molar-refractivity contribution in [2.75, 3.05) is 25.1 Å². The van der Waals surface area contributed by atoms with Gasteiger partial charge in [-0.25, -0.2) is 4.79 Å². The fourth-order valence-electron chi connectivity index (χ4n) is 3.47. The molecule has 2 heterocycles. The Hall–Kier alpha value is -2.21. The molecule has 0 unspecified atom stereocenters. The van der Waals surface area contributed by atoms with Gasteiger partial charge in [-0.1, -0.05) is 39.0 Å². The number of para-hydroxylation sites is 1. The molecule has 0 N–H and O–H groups in total. The van der Waals surface area contributed by atoms with Crippen molar-refractivity contribution < 1.29 is 14.0 Å². The first-order chi connectivity index (χ1) is 13.7. The van der Waals surface area contributed by atoms with Crippen LogP contribution in [0.15, 0.2) is 36.4 Å². The summed E-state index contributed by atoms with van der Waals surface area (Å²) < 4.78 is 14.0. The van der Waals surface area contributed by atoms with Gasteiger partial charge in [0.2, 0.25) is 0 Å². The average Bonchev–Trinajstić information content (AvgIpc) is 3.06. The zero-order valence-electron chi connectivity index (χ0n) is 18.6. The zero-order chi connectivity index (χ0) is 21.2. The summed E-state index contributed by atoms with van der Waals surface area (Å²) in [4.78, 5) is 15.0. The quantitative estimate of drug-likeness (QED) is 0.469. The van der Waals surface area contributed by atoms with E-state index < -0.39 is 8.32 Å². The maximum atomic E-state index is 12.7. The van der Waals surface area contributed by atoms with Gasteiger partial charge in [0.1, 0.15) is 11.4 Å². The number of ether oxygens (including phenoxy) is 1. The SMILES string of the molecule is COC(=O)c1cc(O[Si](C)(C)C(C)(C)C)n(-c2ccccc2)c1N1CCCCC1. The van der Waals surface area contributed by atoms with Crippen LogP contribution in [0.1, 0.15) is 50.4 Å². The van der Waals surface area contributed by atoms with Gasteiger partial charge in [0.05, 0.1) is 12.8 Å². The molecule has 1 aromatic carbocycles. The first kappa shape index (κ1) is 21.5. The number of carbonyl (C=O) groups excluding carboxylic acids is 1. The maximum Gasteiger partial charge on any atom is 0.341 e. The van der Waals surface area contributed by atoms with Crippen LogP contribution in [0.2, 0.25) is 18.1 Å². The van der Waals surface area contributed by atoms with Gasteiger partial charge in [0, 0.05) is 19.2 Å². The summed E-state index contributed by atoms with van der Waals surface area (Å²) in [5.74, 6) is 1.29. The van der Waals surface area contributed by atoms with Crippen molar-refractivity contribution in [3.05, 3.63) is 42.0 Å². The molecule has 0 spiro atoms. The summed E-state index contributed by atoms with van der Waals surface area (Å²) in [7, 11) is -0.664. The summed E-state index contributed by atoms with van der Waals surface area (Å²) in [6, 6.07) is 12.0. The minimum absolute atomic E-state index is 0.0511. The monoisotopic (exact) mass is 414 g/mol. The van der Waals surface area contributed by atoms with Crippen molar-refractivity contribution in [3.63, 3.8) is 0 Å². The van der Waals surface area contributed by atoms with Crippen molar-refractivity contribution in [2.24, 2.45) is 0 Å². The predicted molar refractivity (Wildman–Crippen MR) is 121 cm³/mol. The van der Waals surface area contributed by atoms with E-state index in [0.717, 1.165) is 43.3 Å². The number of piperidine rings is 1. The number of benzene rings is 1. The van der Waals surface area contributed by atoms with E-state index >= 15 is 0 Å². The minimum atomic E-state index is -2.11. The van der Waals surface area contributed by atoms with E-state index in [-0.39, 0.29) is 11.0 Å². The van der Waals surface area contributed by atoms with Crippen molar-refractivity contribution in [1.29, 1.82) is 0 Å². The van der Waals surface area contributed by atoms with Crippen LogP contribution in [-0.4, -0.2) is 39.1 Å². The minimum Gasteiger partial charge on any atom is -0.531 e. The van der Waals surface area contributed by atoms with Gasteiger partial charge in [-0.05, 0) is 49.5 Å². The Morgan fingerprint density at radius 1 is 1.03 bits per heavy atom. The zero-order valence-corrected chi connectivity index (χ0v) is 19.6. The third-order valence-electron chi connectivity index (χ3n) is 6.18. The highest BCUT2D eigenvalue weighted by Gasteiger charge is 2.41. The van der Waals surface area contributed by atoms with Crippen molar-refractivity contribution in [1.82, 2.24) is 4.57 Å². The van der Waals surface area contributed by atoms with Crippen LogP contribution < -0.4 is 9.33 Å². The molecule has 0 aliphatic carbocycles. The summed E-state index contributed by atoms with van der Waals surface area (Å²) in [5, 5.41) is 0.0511. The lowest BCUT2D eigenvalue weighted by Crippen LogP contribution is -2.44. The molecule has 5 nitrogen and oxygen atoms in total. The van der Waals surface area contributed by atoms with Crippen LogP contribution in [0.5, 0.6) is 5.88 Å². The van der Waals surface area contributed by atoms with Crippen LogP contribution in [0.4, 0.5) is 5.82 Å². The van der Waals surface area contributed by atoms with Crippen LogP contribution in [0, 0.1) is 0 Å². The molecule has 3 rings (SSSR count). The number of rotatable bonds is 5. The molecular formula is C23H34N2O3Si. The number of hydrogen-bond donors (Lipinski definition) is 0. The topological polar surface area (TPSA) is 43.7 Å². The van der Waals surface area contributed by atoms with E-state index in [1.807, 2.05) is 24.3 Å². The van der Waals surface area contributed by atoms with E-state index in [9.17, 15) is 4.79 Å². The number of anilines is 1. The summed E-state index contributed by atoms with van der Waals surface area (Å²) in [6.45, 7) is 13.0. The molecule has 1 aliphatic heterocycles. The van der Waals surface area contributed by atoms with E-state index in [1.54, 1.807) is 0 Å². The molecule has 0 saturated carbocycles. The first-order valence-electron chi connectivity index (χ1n) is 10.5. The van der Waals surface area contributed by atoms with Gasteiger partial charge in [0.25, 0.3) is 8.32 Å². The van der Waals surface area contributed by atoms with Gasteiger partial charge in [-0.3, -0.25) is 4.57 Å². The molecule has 0 amide bonds. The molecule has 0 bridgehead atoms. The smallest absolute Gasteiger partial charge is 0.341 e. The maximum absolute atomic E-state index is 12.7. The van der Waals surface area contributed by atoms with Gasteiger partial charge < -0.3 is 14.1 Å².